The van der Waals surface area contributed by atoms with Gasteiger partial charge in [0, 0.05) is 44.5 Å². The first kappa shape index (κ1) is 16.3. The van der Waals surface area contributed by atoms with Crippen LogP contribution >= 0.6 is 0 Å². The van der Waals surface area contributed by atoms with Crippen LogP contribution in [-0.4, -0.2) is 52.4 Å². The van der Waals surface area contributed by atoms with Crippen molar-refractivity contribution in [2.75, 3.05) is 26.2 Å². The van der Waals surface area contributed by atoms with Gasteiger partial charge in [-0.1, -0.05) is 18.2 Å². The van der Waals surface area contributed by atoms with Crippen molar-refractivity contribution in [2.24, 2.45) is 7.05 Å². The maximum atomic E-state index is 12.7. The van der Waals surface area contributed by atoms with Crippen molar-refractivity contribution in [2.45, 2.75) is 13.3 Å². The zero-order valence-corrected chi connectivity index (χ0v) is 14.2. The zero-order chi connectivity index (χ0) is 17.1. The predicted molar refractivity (Wildman–Crippen MR) is 93.0 cm³/mol. The number of aryl methyl sites for hydroxylation is 1. The fourth-order valence-electron chi connectivity index (χ4n) is 3.08. The van der Waals surface area contributed by atoms with Crippen LogP contribution in [0.25, 0.3) is 0 Å². The molecule has 2 aromatic rings. The van der Waals surface area contributed by atoms with Crippen LogP contribution in [0, 0.1) is 6.92 Å². The normalized spacial score (nSPS) is 15.2. The van der Waals surface area contributed by atoms with Crippen molar-refractivity contribution in [3.63, 3.8) is 0 Å². The molecule has 1 aromatic heterocycles. The van der Waals surface area contributed by atoms with Crippen molar-refractivity contribution in [3.8, 4) is 0 Å². The number of hydrogen-bond donors (Lipinski definition) is 0. The van der Waals surface area contributed by atoms with Crippen LogP contribution in [0.2, 0.25) is 0 Å². The van der Waals surface area contributed by atoms with Crippen LogP contribution in [-0.2, 0) is 7.05 Å². The molecule has 5 heteroatoms. The molecule has 1 aliphatic rings. The molecule has 0 spiro atoms. The molecule has 24 heavy (non-hydrogen) atoms. The third-order valence-electron chi connectivity index (χ3n) is 4.68. The average Bonchev–Trinajstić information content (AvgIpc) is 2.81. The summed E-state index contributed by atoms with van der Waals surface area (Å²) in [6.45, 7) is 4.50. The van der Waals surface area contributed by atoms with Crippen molar-refractivity contribution >= 4 is 11.8 Å². The summed E-state index contributed by atoms with van der Waals surface area (Å²) in [6.07, 6.45) is 0.799. The first-order valence-electron chi connectivity index (χ1n) is 8.34. The van der Waals surface area contributed by atoms with Crippen LogP contribution in [0.1, 0.15) is 33.0 Å². The number of aromatic nitrogens is 1. The molecule has 0 unspecified atom stereocenters. The van der Waals surface area contributed by atoms with E-state index in [1.165, 1.54) is 0 Å². The monoisotopic (exact) mass is 325 g/mol. The quantitative estimate of drug-likeness (QED) is 0.851. The van der Waals surface area contributed by atoms with Crippen LogP contribution in [0.5, 0.6) is 0 Å². The molecule has 0 N–H and O–H groups in total. The highest BCUT2D eigenvalue weighted by molar-refractivity contribution is 5.95. The fraction of sp³-hybridized carbons (Fsp3) is 0.368. The lowest BCUT2D eigenvalue weighted by atomic mass is 10.2. The molecule has 1 aromatic carbocycles. The van der Waals surface area contributed by atoms with Gasteiger partial charge >= 0.3 is 0 Å². The summed E-state index contributed by atoms with van der Waals surface area (Å²) in [7, 11) is 1.91. The highest BCUT2D eigenvalue weighted by atomic mass is 16.2. The number of amides is 2. The van der Waals surface area contributed by atoms with Gasteiger partial charge in [-0.3, -0.25) is 9.59 Å². The van der Waals surface area contributed by atoms with Gasteiger partial charge in [0.05, 0.1) is 0 Å². The van der Waals surface area contributed by atoms with E-state index in [-0.39, 0.29) is 11.8 Å². The molecule has 2 amide bonds. The van der Waals surface area contributed by atoms with Crippen molar-refractivity contribution in [3.05, 3.63) is 59.4 Å². The third kappa shape index (κ3) is 3.20. The second-order valence-corrected chi connectivity index (χ2v) is 6.22. The predicted octanol–water partition coefficient (Wildman–Crippen LogP) is 2.32. The third-order valence-corrected chi connectivity index (χ3v) is 4.68. The molecule has 2 heterocycles. The lowest BCUT2D eigenvalue weighted by molar-refractivity contribution is 0.0713. The number of rotatable bonds is 2. The van der Waals surface area contributed by atoms with Gasteiger partial charge in [-0.15, -0.1) is 0 Å². The molecule has 1 fully saturated rings. The van der Waals surface area contributed by atoms with Crippen LogP contribution in [0.3, 0.4) is 0 Å². The van der Waals surface area contributed by atoms with Crippen LogP contribution < -0.4 is 0 Å². The van der Waals surface area contributed by atoms with E-state index >= 15 is 0 Å². The molecule has 0 bridgehead atoms. The Morgan fingerprint density at radius 1 is 0.833 bits per heavy atom. The molecule has 3 rings (SSSR count). The highest BCUT2D eigenvalue weighted by Gasteiger charge is 2.24. The Morgan fingerprint density at radius 2 is 1.46 bits per heavy atom. The second-order valence-electron chi connectivity index (χ2n) is 6.22. The molecule has 0 aliphatic carbocycles. The van der Waals surface area contributed by atoms with Gasteiger partial charge < -0.3 is 14.4 Å². The maximum Gasteiger partial charge on any atom is 0.270 e. The minimum absolute atomic E-state index is 0.0413. The number of hydrogen-bond acceptors (Lipinski definition) is 2. The van der Waals surface area contributed by atoms with Gasteiger partial charge in [0.25, 0.3) is 11.8 Å². The number of carbonyl (C=O) groups excluding carboxylic acids is 2. The number of carbonyl (C=O) groups is 2. The van der Waals surface area contributed by atoms with E-state index in [0.29, 0.717) is 37.4 Å². The lowest BCUT2D eigenvalue weighted by Crippen LogP contribution is -2.37. The van der Waals surface area contributed by atoms with E-state index in [1.807, 2.05) is 70.8 Å². The summed E-state index contributed by atoms with van der Waals surface area (Å²) >= 11 is 0. The standard InChI is InChI=1S/C19H23N3O2/c1-15-9-10-17(20(15)2)19(24)22-12-6-11-21(13-14-22)18(23)16-7-4-3-5-8-16/h3-5,7-10H,6,11-14H2,1-2H3. The Kier molecular flexibility index (Phi) is 4.69. The molecule has 0 saturated carbocycles. The van der Waals surface area contributed by atoms with Crippen molar-refractivity contribution in [1.82, 2.24) is 14.4 Å². The smallest absolute Gasteiger partial charge is 0.270 e. The number of nitrogens with zero attached hydrogens (tertiary/aromatic N) is 3. The van der Waals surface area contributed by atoms with Gasteiger partial charge in [-0.2, -0.15) is 0 Å². The van der Waals surface area contributed by atoms with E-state index in [9.17, 15) is 9.59 Å². The maximum absolute atomic E-state index is 12.7. The summed E-state index contributed by atoms with van der Waals surface area (Å²) in [5, 5.41) is 0. The van der Waals surface area contributed by atoms with Gasteiger partial charge in [0.15, 0.2) is 0 Å². The number of benzene rings is 1. The first-order chi connectivity index (χ1) is 11.6. The minimum Gasteiger partial charge on any atom is -0.344 e. The van der Waals surface area contributed by atoms with E-state index in [4.69, 9.17) is 0 Å². The van der Waals surface area contributed by atoms with E-state index in [1.54, 1.807) is 0 Å². The summed E-state index contributed by atoms with van der Waals surface area (Å²) in [5.74, 6) is 0.0826. The minimum atomic E-state index is 0.0413. The molecule has 0 atom stereocenters. The van der Waals surface area contributed by atoms with Crippen LogP contribution in [0.4, 0.5) is 0 Å². The van der Waals surface area contributed by atoms with E-state index < -0.39 is 0 Å². The molecule has 126 valence electrons. The second kappa shape index (κ2) is 6.91. The Morgan fingerprint density at radius 3 is 2.04 bits per heavy atom. The van der Waals surface area contributed by atoms with Crippen molar-refractivity contribution < 1.29 is 9.59 Å². The average molecular weight is 325 g/mol. The van der Waals surface area contributed by atoms with Gasteiger partial charge in [0.2, 0.25) is 0 Å². The topological polar surface area (TPSA) is 45.6 Å². The lowest BCUT2D eigenvalue weighted by Gasteiger charge is -2.22. The van der Waals surface area contributed by atoms with E-state index in [2.05, 4.69) is 0 Å². The molecular weight excluding hydrogens is 302 g/mol. The summed E-state index contributed by atoms with van der Waals surface area (Å²) in [5.41, 5.74) is 2.47. The Labute approximate surface area is 142 Å². The van der Waals surface area contributed by atoms with Gasteiger partial charge in [0.1, 0.15) is 5.69 Å². The largest absolute Gasteiger partial charge is 0.344 e. The Bertz CT molecular complexity index is 736. The molecular formula is C19H23N3O2. The zero-order valence-electron chi connectivity index (χ0n) is 14.2. The molecule has 5 nitrogen and oxygen atoms in total. The SMILES string of the molecule is Cc1ccc(C(=O)N2CCCN(C(=O)c3ccccc3)CC2)n1C. The highest BCUT2D eigenvalue weighted by Crippen LogP contribution is 2.13. The van der Waals surface area contributed by atoms with E-state index in [0.717, 1.165) is 12.1 Å². The fourth-order valence-corrected chi connectivity index (χ4v) is 3.08. The summed E-state index contributed by atoms with van der Waals surface area (Å²) < 4.78 is 1.92. The summed E-state index contributed by atoms with van der Waals surface area (Å²) in [6, 6.07) is 13.1. The molecule has 0 radical (unpaired) electrons. The van der Waals surface area contributed by atoms with Gasteiger partial charge in [-0.25, -0.2) is 0 Å². The van der Waals surface area contributed by atoms with Crippen molar-refractivity contribution in [1.29, 1.82) is 0 Å². The summed E-state index contributed by atoms with van der Waals surface area (Å²) in [4.78, 5) is 29.0. The Balaban J connectivity index is 1.68. The van der Waals surface area contributed by atoms with Gasteiger partial charge in [-0.05, 0) is 37.6 Å². The van der Waals surface area contributed by atoms with Crippen LogP contribution in [0.15, 0.2) is 42.5 Å². The Hall–Kier alpha value is -2.56. The first-order valence-corrected chi connectivity index (χ1v) is 8.34. The molecule has 1 saturated heterocycles. The molecule has 1 aliphatic heterocycles.